The highest BCUT2D eigenvalue weighted by atomic mass is 19.4. The number of fused-ring (bicyclic) bond motifs is 2. The molecule has 0 radical (unpaired) electrons. The smallest absolute Gasteiger partial charge is 0.257 e. The number of hydrogen-bond donors (Lipinski definition) is 2. The second-order valence-electron chi connectivity index (χ2n) is 8.30. The molecule has 3 heterocycles. The van der Waals surface area contributed by atoms with Crippen LogP contribution in [-0.4, -0.2) is 27.2 Å². The first-order chi connectivity index (χ1) is 14.3. The van der Waals surface area contributed by atoms with Gasteiger partial charge in [0.25, 0.3) is 5.82 Å². The largest absolute Gasteiger partial charge is 0.453 e. The van der Waals surface area contributed by atoms with Crippen LogP contribution in [0.15, 0.2) is 36.4 Å². The van der Waals surface area contributed by atoms with E-state index in [1.165, 1.54) is 22.7 Å². The van der Waals surface area contributed by atoms with Gasteiger partial charge in [0, 0.05) is 24.1 Å². The van der Waals surface area contributed by atoms with Crippen LogP contribution in [-0.2, 0) is 6.18 Å². The zero-order valence-electron chi connectivity index (χ0n) is 16.2. The van der Waals surface area contributed by atoms with Crippen LogP contribution >= 0.6 is 0 Å². The minimum atomic E-state index is -4.62. The second-order valence-corrected chi connectivity index (χ2v) is 8.30. The van der Waals surface area contributed by atoms with Crippen molar-refractivity contribution in [3.63, 3.8) is 0 Å². The van der Waals surface area contributed by atoms with Gasteiger partial charge in [0.2, 0.25) is 0 Å². The summed E-state index contributed by atoms with van der Waals surface area (Å²) in [4.78, 5) is 3.72. The van der Waals surface area contributed by atoms with E-state index in [-0.39, 0.29) is 17.4 Å². The van der Waals surface area contributed by atoms with Gasteiger partial charge in [-0.25, -0.2) is 13.9 Å². The van der Waals surface area contributed by atoms with Gasteiger partial charge in [-0.1, -0.05) is 19.1 Å². The maximum atomic E-state index is 13.5. The standard InChI is InChI=1S/C21H21F4N5/c1-11-8-13(9-14-10-26-28-18(11)14)19-16(12-2-4-15(22)5-3-12)6-7-17-27-20(21(23,24)25)29-30(17)19/h2-7,11,13-14,18,26,28H,8-10H2,1H3. The number of alkyl halides is 3. The van der Waals surface area contributed by atoms with E-state index < -0.39 is 12.0 Å². The number of halogens is 4. The van der Waals surface area contributed by atoms with Crippen LogP contribution in [0.25, 0.3) is 16.8 Å². The lowest BCUT2D eigenvalue weighted by Gasteiger charge is -2.36. The lowest BCUT2D eigenvalue weighted by Crippen LogP contribution is -2.41. The molecular weight excluding hydrogens is 398 g/mol. The van der Waals surface area contributed by atoms with Gasteiger partial charge in [-0.2, -0.15) is 13.2 Å². The maximum absolute atomic E-state index is 13.5. The Morgan fingerprint density at radius 2 is 1.83 bits per heavy atom. The van der Waals surface area contributed by atoms with Gasteiger partial charge in [0.05, 0.1) is 5.69 Å². The molecule has 1 aliphatic carbocycles. The van der Waals surface area contributed by atoms with Crippen molar-refractivity contribution in [3.05, 3.63) is 53.7 Å². The number of hydrogen-bond acceptors (Lipinski definition) is 4. The van der Waals surface area contributed by atoms with E-state index in [1.54, 1.807) is 18.2 Å². The number of hydrazine groups is 1. The van der Waals surface area contributed by atoms with E-state index in [9.17, 15) is 17.6 Å². The minimum Gasteiger partial charge on any atom is -0.257 e. The molecule has 3 aromatic rings. The fourth-order valence-corrected chi connectivity index (χ4v) is 5.02. The molecule has 2 aliphatic rings. The fourth-order valence-electron chi connectivity index (χ4n) is 5.02. The van der Waals surface area contributed by atoms with Crippen LogP contribution < -0.4 is 10.9 Å². The Kier molecular flexibility index (Phi) is 4.55. The third-order valence-electron chi connectivity index (χ3n) is 6.33. The summed E-state index contributed by atoms with van der Waals surface area (Å²) >= 11 is 0. The molecule has 1 saturated heterocycles. The number of benzene rings is 1. The van der Waals surface area contributed by atoms with Crippen molar-refractivity contribution in [1.82, 2.24) is 25.4 Å². The highest BCUT2D eigenvalue weighted by Gasteiger charge is 2.41. The van der Waals surface area contributed by atoms with Crippen molar-refractivity contribution in [2.24, 2.45) is 11.8 Å². The molecule has 1 aliphatic heterocycles. The Labute approximate surface area is 170 Å². The highest BCUT2D eigenvalue weighted by molar-refractivity contribution is 5.69. The van der Waals surface area contributed by atoms with E-state index in [2.05, 4.69) is 27.9 Å². The molecule has 2 fully saturated rings. The summed E-state index contributed by atoms with van der Waals surface area (Å²) in [5.74, 6) is -0.787. The first-order valence-electron chi connectivity index (χ1n) is 10.0. The van der Waals surface area contributed by atoms with Crippen molar-refractivity contribution in [2.75, 3.05) is 6.54 Å². The lowest BCUT2D eigenvalue weighted by atomic mass is 9.71. The first-order valence-corrected chi connectivity index (χ1v) is 10.0. The molecule has 5 rings (SSSR count). The Balaban J connectivity index is 1.68. The molecule has 1 aromatic carbocycles. The molecule has 0 spiro atoms. The van der Waals surface area contributed by atoms with Gasteiger partial charge >= 0.3 is 6.18 Å². The zero-order valence-corrected chi connectivity index (χ0v) is 16.2. The predicted octanol–water partition coefficient (Wildman–Crippen LogP) is 4.16. The molecule has 4 atom stereocenters. The topological polar surface area (TPSA) is 54.2 Å². The summed E-state index contributed by atoms with van der Waals surface area (Å²) in [6.45, 7) is 2.97. The highest BCUT2D eigenvalue weighted by Crippen LogP contribution is 2.44. The van der Waals surface area contributed by atoms with Crippen molar-refractivity contribution in [3.8, 4) is 11.1 Å². The van der Waals surface area contributed by atoms with E-state index in [0.717, 1.165) is 30.5 Å². The van der Waals surface area contributed by atoms with E-state index in [4.69, 9.17) is 0 Å². The summed E-state index contributed by atoms with van der Waals surface area (Å²) in [5.41, 5.74) is 8.90. The van der Waals surface area contributed by atoms with Crippen molar-refractivity contribution in [2.45, 2.75) is 37.9 Å². The molecule has 30 heavy (non-hydrogen) atoms. The predicted molar refractivity (Wildman–Crippen MR) is 103 cm³/mol. The number of rotatable bonds is 2. The number of pyridine rings is 1. The van der Waals surface area contributed by atoms with Crippen LogP contribution in [0.1, 0.15) is 37.2 Å². The average molecular weight is 419 g/mol. The molecule has 158 valence electrons. The lowest BCUT2D eigenvalue weighted by molar-refractivity contribution is -0.144. The normalized spacial score (nSPS) is 26.8. The average Bonchev–Trinajstić information content (AvgIpc) is 3.34. The summed E-state index contributed by atoms with van der Waals surface area (Å²) in [5, 5.41) is 3.85. The third kappa shape index (κ3) is 3.26. The maximum Gasteiger partial charge on any atom is 0.453 e. The molecular formula is C21H21F4N5. The van der Waals surface area contributed by atoms with Crippen molar-refractivity contribution in [1.29, 1.82) is 0 Å². The van der Waals surface area contributed by atoms with Crippen molar-refractivity contribution >= 4 is 5.65 Å². The van der Waals surface area contributed by atoms with Crippen LogP contribution in [0, 0.1) is 17.7 Å². The first kappa shape index (κ1) is 19.4. The molecule has 9 heteroatoms. The molecule has 5 nitrogen and oxygen atoms in total. The molecule has 2 N–H and O–H groups in total. The fraction of sp³-hybridized carbons (Fsp3) is 0.429. The van der Waals surface area contributed by atoms with Gasteiger partial charge < -0.3 is 0 Å². The number of aromatic nitrogens is 3. The summed E-state index contributed by atoms with van der Waals surface area (Å²) in [6, 6.07) is 9.67. The Bertz CT molecular complexity index is 1080. The SMILES string of the molecule is CC1CC(c2c(-c3ccc(F)cc3)ccc3nc(C(F)(F)F)nn23)CC2CNNC12. The molecule has 2 aromatic heterocycles. The Morgan fingerprint density at radius 3 is 2.57 bits per heavy atom. The van der Waals surface area contributed by atoms with E-state index in [0.29, 0.717) is 23.6 Å². The molecule has 4 unspecified atom stereocenters. The summed E-state index contributed by atoms with van der Waals surface area (Å²) in [6.07, 6.45) is -2.99. The van der Waals surface area contributed by atoms with Gasteiger partial charge in [-0.3, -0.25) is 10.9 Å². The van der Waals surface area contributed by atoms with E-state index >= 15 is 0 Å². The molecule has 0 bridgehead atoms. The Morgan fingerprint density at radius 1 is 1.07 bits per heavy atom. The minimum absolute atomic E-state index is 0.00878. The van der Waals surface area contributed by atoms with E-state index in [1.807, 2.05) is 0 Å². The van der Waals surface area contributed by atoms with Gasteiger partial charge in [-0.05, 0) is 54.5 Å². The van der Waals surface area contributed by atoms with Crippen LogP contribution in [0.4, 0.5) is 17.6 Å². The zero-order chi connectivity index (χ0) is 21.0. The quantitative estimate of drug-likeness (QED) is 0.613. The second kappa shape index (κ2) is 7.02. The molecule has 0 amide bonds. The third-order valence-corrected chi connectivity index (χ3v) is 6.33. The molecule has 1 saturated carbocycles. The summed E-state index contributed by atoms with van der Waals surface area (Å²) in [7, 11) is 0. The van der Waals surface area contributed by atoms with Crippen molar-refractivity contribution < 1.29 is 17.6 Å². The van der Waals surface area contributed by atoms with Crippen LogP contribution in [0.2, 0.25) is 0 Å². The van der Waals surface area contributed by atoms with Gasteiger partial charge in [0.1, 0.15) is 5.82 Å². The number of nitrogens with one attached hydrogen (secondary N) is 2. The van der Waals surface area contributed by atoms with Crippen LogP contribution in [0.3, 0.4) is 0 Å². The van der Waals surface area contributed by atoms with Crippen LogP contribution in [0.5, 0.6) is 0 Å². The van der Waals surface area contributed by atoms with Gasteiger partial charge in [0.15, 0.2) is 5.65 Å². The number of nitrogens with zero attached hydrogens (tertiary/aromatic N) is 3. The van der Waals surface area contributed by atoms with Gasteiger partial charge in [-0.15, -0.1) is 5.10 Å². The summed E-state index contributed by atoms with van der Waals surface area (Å²) < 4.78 is 54.7. The Hall–Kier alpha value is -2.52. The monoisotopic (exact) mass is 419 g/mol.